The second kappa shape index (κ2) is 8.74. The monoisotopic (exact) mass is 578 g/mol. The minimum absolute atomic E-state index is 0.0842. The molecular formula is C22H17F2IN6O3. The van der Waals surface area contributed by atoms with Crippen LogP contribution in [0.15, 0.2) is 55.0 Å². The van der Waals surface area contributed by atoms with Crippen molar-refractivity contribution in [3.05, 3.63) is 68.7 Å². The molecule has 1 fully saturated rings. The van der Waals surface area contributed by atoms with E-state index in [1.807, 2.05) is 0 Å². The molecule has 0 radical (unpaired) electrons. The van der Waals surface area contributed by atoms with E-state index in [1.165, 1.54) is 6.07 Å². The van der Waals surface area contributed by atoms with Crippen LogP contribution in [-0.2, 0) is 6.54 Å². The van der Waals surface area contributed by atoms with Gasteiger partial charge in [-0.25, -0.2) is 19.2 Å². The van der Waals surface area contributed by atoms with Crippen LogP contribution < -0.4 is 10.3 Å². The largest absolute Gasteiger partial charge is 0.381 e. The molecule has 5 rings (SSSR count). The molecule has 12 heteroatoms. The Balaban J connectivity index is 1.36. The lowest BCUT2D eigenvalue weighted by molar-refractivity contribution is -0.384. The number of aromatic nitrogens is 4. The minimum atomic E-state index is -2.55. The van der Waals surface area contributed by atoms with Gasteiger partial charge in [0.2, 0.25) is 5.92 Å². The van der Waals surface area contributed by atoms with Gasteiger partial charge >= 0.3 is 0 Å². The highest BCUT2D eigenvalue weighted by Crippen LogP contribution is 2.43. The third-order valence-corrected chi connectivity index (χ3v) is 6.58. The number of benzene rings is 2. The Morgan fingerprint density at radius 1 is 1.24 bits per heavy atom. The summed E-state index contributed by atoms with van der Waals surface area (Å²) in [6.07, 6.45) is 4.81. The van der Waals surface area contributed by atoms with Gasteiger partial charge in [0, 0.05) is 37.2 Å². The molecule has 2 aromatic heterocycles. The quantitative estimate of drug-likeness (QED) is 0.176. The van der Waals surface area contributed by atoms with Crippen LogP contribution in [0.5, 0.6) is 5.75 Å². The Morgan fingerprint density at radius 3 is 2.79 bits per heavy atom. The maximum absolute atomic E-state index is 13.1. The average Bonchev–Trinajstić information content (AvgIpc) is 3.26. The van der Waals surface area contributed by atoms with Crippen LogP contribution in [-0.4, -0.2) is 30.6 Å². The number of hydrogen-bond donors (Lipinski definition) is 1. The Kier molecular flexibility index (Phi) is 5.75. The van der Waals surface area contributed by atoms with Crippen molar-refractivity contribution in [2.45, 2.75) is 25.3 Å². The van der Waals surface area contributed by atoms with E-state index in [2.05, 4.69) is 38.2 Å². The first-order chi connectivity index (χ1) is 16.3. The molecule has 2 aromatic carbocycles. The SMILES string of the molecule is O=[N+]([O-])c1ccccc1NOc1ccc2ncc(-c3cnn(CC4CC(F)(F)C4)c3)nc2c1I. The molecular weight excluding hydrogens is 561 g/mol. The molecule has 0 unspecified atom stereocenters. The van der Waals surface area contributed by atoms with Crippen molar-refractivity contribution in [2.24, 2.45) is 5.92 Å². The zero-order valence-electron chi connectivity index (χ0n) is 17.5. The van der Waals surface area contributed by atoms with Gasteiger partial charge in [-0.3, -0.25) is 19.8 Å². The molecule has 0 bridgehead atoms. The predicted molar refractivity (Wildman–Crippen MR) is 128 cm³/mol. The first-order valence-electron chi connectivity index (χ1n) is 10.3. The zero-order valence-corrected chi connectivity index (χ0v) is 19.6. The highest BCUT2D eigenvalue weighted by molar-refractivity contribution is 14.1. The van der Waals surface area contributed by atoms with Crippen LogP contribution in [0.4, 0.5) is 20.2 Å². The molecule has 0 atom stereocenters. The van der Waals surface area contributed by atoms with Crippen molar-refractivity contribution in [2.75, 3.05) is 5.48 Å². The lowest BCUT2D eigenvalue weighted by Gasteiger charge is -2.34. The van der Waals surface area contributed by atoms with Gasteiger partial charge in [-0.05, 0) is 46.7 Å². The third-order valence-electron chi connectivity index (χ3n) is 5.54. The fraction of sp³-hybridized carbons (Fsp3) is 0.227. The normalized spacial score (nSPS) is 15.1. The van der Waals surface area contributed by atoms with E-state index in [9.17, 15) is 18.9 Å². The predicted octanol–water partition coefficient (Wildman–Crippen LogP) is 5.46. The smallest absolute Gasteiger partial charge is 0.295 e. The Hall–Kier alpha value is -3.42. The summed E-state index contributed by atoms with van der Waals surface area (Å²) in [5, 5.41) is 15.5. The molecule has 0 saturated heterocycles. The number of anilines is 1. The van der Waals surface area contributed by atoms with E-state index >= 15 is 0 Å². The summed E-state index contributed by atoms with van der Waals surface area (Å²) >= 11 is 2.08. The lowest BCUT2D eigenvalue weighted by atomic mass is 9.81. The number of alkyl halides is 2. The molecule has 34 heavy (non-hydrogen) atoms. The first-order valence-corrected chi connectivity index (χ1v) is 11.4. The molecule has 1 saturated carbocycles. The molecule has 1 N–H and O–H groups in total. The van der Waals surface area contributed by atoms with Crippen LogP contribution in [0.2, 0.25) is 0 Å². The van der Waals surface area contributed by atoms with Gasteiger partial charge in [0.05, 0.1) is 32.1 Å². The summed E-state index contributed by atoms with van der Waals surface area (Å²) in [7, 11) is 0. The lowest BCUT2D eigenvalue weighted by Crippen LogP contribution is -2.37. The number of halogens is 3. The van der Waals surface area contributed by atoms with Crippen molar-refractivity contribution >= 4 is 45.0 Å². The molecule has 4 aromatic rings. The zero-order chi connectivity index (χ0) is 23.9. The minimum Gasteiger partial charge on any atom is -0.381 e. The second-order valence-electron chi connectivity index (χ2n) is 8.06. The van der Waals surface area contributed by atoms with E-state index < -0.39 is 10.8 Å². The maximum Gasteiger partial charge on any atom is 0.295 e. The molecule has 1 aliphatic rings. The van der Waals surface area contributed by atoms with Crippen molar-refractivity contribution in [3.63, 3.8) is 0 Å². The second-order valence-corrected chi connectivity index (χ2v) is 9.14. The molecule has 174 valence electrons. The number of nitro benzene ring substituents is 1. The molecule has 9 nitrogen and oxygen atoms in total. The van der Waals surface area contributed by atoms with Gasteiger partial charge in [0.15, 0.2) is 5.75 Å². The summed E-state index contributed by atoms with van der Waals surface area (Å²) in [6.45, 7) is 0.434. The van der Waals surface area contributed by atoms with E-state index in [1.54, 1.807) is 53.6 Å². The van der Waals surface area contributed by atoms with Gasteiger partial charge in [-0.15, -0.1) is 0 Å². The highest BCUT2D eigenvalue weighted by atomic mass is 127. The number of nitrogens with zero attached hydrogens (tertiary/aromatic N) is 5. The van der Waals surface area contributed by atoms with Gasteiger partial charge in [-0.2, -0.15) is 5.10 Å². The van der Waals surface area contributed by atoms with Gasteiger partial charge < -0.3 is 4.84 Å². The molecule has 0 aliphatic heterocycles. The number of nitrogens with one attached hydrogen (secondary N) is 1. The highest BCUT2D eigenvalue weighted by Gasteiger charge is 2.45. The summed E-state index contributed by atoms with van der Waals surface area (Å²) < 4.78 is 28.5. The average molecular weight is 578 g/mol. The van der Waals surface area contributed by atoms with E-state index in [0.29, 0.717) is 32.6 Å². The van der Waals surface area contributed by atoms with Gasteiger partial charge in [0.25, 0.3) is 5.69 Å². The number of rotatable bonds is 7. The van der Waals surface area contributed by atoms with Gasteiger partial charge in [0.1, 0.15) is 11.2 Å². The Labute approximate surface area is 205 Å². The molecule has 1 aliphatic carbocycles. The fourth-order valence-electron chi connectivity index (χ4n) is 3.85. The summed E-state index contributed by atoms with van der Waals surface area (Å²) in [5.41, 5.74) is 5.30. The molecule has 2 heterocycles. The van der Waals surface area contributed by atoms with Crippen LogP contribution in [0.25, 0.3) is 22.3 Å². The fourth-order valence-corrected chi connectivity index (χ4v) is 4.53. The summed E-state index contributed by atoms with van der Waals surface area (Å²) in [4.78, 5) is 25.5. The van der Waals surface area contributed by atoms with E-state index in [4.69, 9.17) is 9.82 Å². The molecule has 0 spiro atoms. The van der Waals surface area contributed by atoms with Crippen LogP contribution in [0.1, 0.15) is 12.8 Å². The standard InChI is InChI=1S/C22H17F2IN6O3/c23-22(24)7-13(8-22)11-30-12-14(9-27-30)17-10-26-16-5-6-19(20(25)21(16)28-17)34-29-15-3-1-2-4-18(15)31(32)33/h1-6,9-10,12-13,29H,7-8,11H2. The van der Waals surface area contributed by atoms with Crippen LogP contribution in [0.3, 0.4) is 0 Å². The van der Waals surface area contributed by atoms with Crippen molar-refractivity contribution in [3.8, 4) is 17.0 Å². The summed E-state index contributed by atoms with van der Waals surface area (Å²) in [5.74, 6) is -2.21. The number of nitro groups is 1. The Bertz CT molecular complexity index is 1390. The maximum atomic E-state index is 13.1. The van der Waals surface area contributed by atoms with E-state index in [0.717, 1.165) is 5.56 Å². The Morgan fingerprint density at radius 2 is 2.03 bits per heavy atom. The topological polar surface area (TPSA) is 108 Å². The number of fused-ring (bicyclic) bond motifs is 1. The molecule has 0 amide bonds. The van der Waals surface area contributed by atoms with Crippen molar-refractivity contribution < 1.29 is 18.5 Å². The number of para-hydroxylation sites is 2. The van der Waals surface area contributed by atoms with Crippen LogP contribution >= 0.6 is 22.6 Å². The summed E-state index contributed by atoms with van der Waals surface area (Å²) in [6, 6.07) is 9.61. The number of hydrogen-bond acceptors (Lipinski definition) is 7. The van der Waals surface area contributed by atoms with Crippen molar-refractivity contribution in [1.29, 1.82) is 0 Å². The van der Waals surface area contributed by atoms with Gasteiger partial charge in [-0.1, -0.05) is 12.1 Å². The van der Waals surface area contributed by atoms with Crippen LogP contribution in [0, 0.1) is 19.6 Å². The third kappa shape index (κ3) is 4.49. The first kappa shape index (κ1) is 22.4. The van der Waals surface area contributed by atoms with E-state index in [-0.39, 0.29) is 30.1 Å². The van der Waals surface area contributed by atoms with Crippen molar-refractivity contribution in [1.82, 2.24) is 19.7 Å².